The minimum Gasteiger partial charge on any atom is -0.393 e. The lowest BCUT2D eigenvalue weighted by molar-refractivity contribution is -0.109. The van der Waals surface area contributed by atoms with Gasteiger partial charge in [0.05, 0.1) is 13.2 Å². The highest BCUT2D eigenvalue weighted by Gasteiger charge is 2.33. The van der Waals surface area contributed by atoms with Crippen molar-refractivity contribution >= 4 is 6.29 Å². The van der Waals surface area contributed by atoms with Crippen LogP contribution in [0.3, 0.4) is 0 Å². The van der Waals surface area contributed by atoms with Crippen molar-refractivity contribution < 1.29 is 14.3 Å². The summed E-state index contributed by atoms with van der Waals surface area (Å²) in [7, 11) is 0. The number of rotatable bonds is 3. The number of alkyl halides is 1. The third-order valence-electron chi connectivity index (χ3n) is 2.37. The van der Waals surface area contributed by atoms with Crippen LogP contribution in [0.5, 0.6) is 0 Å². The van der Waals surface area contributed by atoms with E-state index in [1.165, 1.54) is 0 Å². The third-order valence-corrected chi connectivity index (χ3v) is 2.37. The number of aldehydes is 1. The van der Waals surface area contributed by atoms with Gasteiger partial charge in [-0.1, -0.05) is 0 Å². The summed E-state index contributed by atoms with van der Waals surface area (Å²) >= 11 is 0. The molecule has 1 N–H and O–H groups in total. The van der Waals surface area contributed by atoms with Crippen LogP contribution in [0.4, 0.5) is 4.39 Å². The van der Waals surface area contributed by atoms with E-state index in [0.717, 1.165) is 6.29 Å². The van der Waals surface area contributed by atoms with Crippen molar-refractivity contribution in [1.29, 1.82) is 0 Å². The predicted molar refractivity (Wildman–Crippen MR) is 42.7 cm³/mol. The van der Waals surface area contributed by atoms with E-state index in [2.05, 4.69) is 0 Å². The maximum absolute atomic E-state index is 13.4. The van der Waals surface area contributed by atoms with Crippen LogP contribution in [0.15, 0.2) is 0 Å². The molecule has 3 nitrogen and oxygen atoms in total. The van der Waals surface area contributed by atoms with Gasteiger partial charge in [-0.25, -0.2) is 4.39 Å². The maximum Gasteiger partial charge on any atom is 0.136 e. The topological polar surface area (TPSA) is 40.5 Å². The summed E-state index contributed by atoms with van der Waals surface area (Å²) in [6, 6.07) is 0. The van der Waals surface area contributed by atoms with E-state index < -0.39 is 12.3 Å². The zero-order valence-electron chi connectivity index (χ0n) is 7.00. The molecule has 4 heteroatoms. The average Bonchev–Trinajstić information content (AvgIpc) is 2.10. The second-order valence-corrected chi connectivity index (χ2v) is 3.28. The molecular weight excluding hydrogens is 161 g/mol. The van der Waals surface area contributed by atoms with Crippen molar-refractivity contribution in [3.8, 4) is 0 Å². The molecule has 0 unspecified atom stereocenters. The lowest BCUT2D eigenvalue weighted by Gasteiger charge is -2.34. The van der Waals surface area contributed by atoms with Crippen molar-refractivity contribution in [2.75, 3.05) is 26.2 Å². The van der Waals surface area contributed by atoms with Gasteiger partial charge in [0.2, 0.25) is 0 Å². The molecule has 1 saturated heterocycles. The summed E-state index contributed by atoms with van der Waals surface area (Å²) in [5, 5.41) is 8.70. The highest BCUT2D eigenvalue weighted by atomic mass is 19.1. The molecule has 0 atom stereocenters. The standard InChI is InChI=1S/C8H14FNO2/c9-8(7-12)1-3-10(4-2-8)5-6-11/h6,12H,1-5,7H2. The normalized spacial score (nSPS) is 23.8. The van der Waals surface area contributed by atoms with Crippen LogP contribution >= 0.6 is 0 Å². The van der Waals surface area contributed by atoms with Gasteiger partial charge in [0.1, 0.15) is 12.0 Å². The van der Waals surface area contributed by atoms with E-state index in [-0.39, 0.29) is 0 Å². The van der Waals surface area contributed by atoms with Gasteiger partial charge in [0, 0.05) is 13.1 Å². The van der Waals surface area contributed by atoms with Crippen LogP contribution in [-0.4, -0.2) is 48.2 Å². The Labute approximate surface area is 71.2 Å². The van der Waals surface area contributed by atoms with Gasteiger partial charge in [-0.05, 0) is 12.8 Å². The second kappa shape index (κ2) is 3.96. The number of aliphatic hydroxyl groups is 1. The summed E-state index contributed by atoms with van der Waals surface area (Å²) in [5.41, 5.74) is -1.40. The SMILES string of the molecule is O=CCN1CCC(F)(CO)CC1. The number of carbonyl (C=O) groups is 1. The summed E-state index contributed by atoms with van der Waals surface area (Å²) in [6.45, 7) is 1.11. The molecule has 1 fully saturated rings. The first-order valence-electron chi connectivity index (χ1n) is 4.16. The molecule has 1 rings (SSSR count). The number of nitrogens with zero attached hydrogens (tertiary/aromatic N) is 1. The Balaban J connectivity index is 2.33. The molecule has 0 aromatic heterocycles. The minimum atomic E-state index is -1.40. The van der Waals surface area contributed by atoms with Gasteiger partial charge in [-0.3, -0.25) is 4.90 Å². The van der Waals surface area contributed by atoms with Crippen molar-refractivity contribution in [2.24, 2.45) is 0 Å². The molecule has 0 bridgehead atoms. The largest absolute Gasteiger partial charge is 0.393 e. The van der Waals surface area contributed by atoms with Crippen LogP contribution in [0.25, 0.3) is 0 Å². The second-order valence-electron chi connectivity index (χ2n) is 3.28. The highest BCUT2D eigenvalue weighted by Crippen LogP contribution is 2.25. The minimum absolute atomic E-state index is 0.331. The van der Waals surface area contributed by atoms with Gasteiger partial charge in [0.25, 0.3) is 0 Å². The fraction of sp³-hybridized carbons (Fsp3) is 0.875. The number of aliphatic hydroxyl groups excluding tert-OH is 1. The van der Waals surface area contributed by atoms with Gasteiger partial charge in [-0.2, -0.15) is 0 Å². The molecule has 1 aliphatic heterocycles. The zero-order chi connectivity index (χ0) is 9.03. The Morgan fingerprint density at radius 1 is 1.50 bits per heavy atom. The molecule has 0 aromatic carbocycles. The number of hydrogen-bond acceptors (Lipinski definition) is 3. The van der Waals surface area contributed by atoms with Gasteiger partial charge in [-0.15, -0.1) is 0 Å². The Morgan fingerprint density at radius 3 is 2.50 bits per heavy atom. The molecule has 1 heterocycles. The van der Waals surface area contributed by atoms with E-state index in [4.69, 9.17) is 5.11 Å². The van der Waals surface area contributed by atoms with Crippen molar-refractivity contribution in [2.45, 2.75) is 18.5 Å². The fourth-order valence-corrected chi connectivity index (χ4v) is 1.40. The first-order chi connectivity index (χ1) is 5.70. The van der Waals surface area contributed by atoms with Crippen molar-refractivity contribution in [3.63, 3.8) is 0 Å². The Hall–Kier alpha value is -0.480. The molecule has 0 aliphatic carbocycles. The van der Waals surface area contributed by atoms with Crippen LogP contribution in [0, 0.1) is 0 Å². The number of carbonyl (C=O) groups excluding carboxylic acids is 1. The monoisotopic (exact) mass is 175 g/mol. The van der Waals surface area contributed by atoms with Crippen LogP contribution < -0.4 is 0 Å². The number of halogens is 1. The van der Waals surface area contributed by atoms with Gasteiger partial charge >= 0.3 is 0 Å². The highest BCUT2D eigenvalue weighted by molar-refractivity contribution is 5.51. The number of piperidine rings is 1. The molecule has 0 spiro atoms. The fourth-order valence-electron chi connectivity index (χ4n) is 1.40. The maximum atomic E-state index is 13.4. The predicted octanol–water partition coefficient (Wildman–Crippen LogP) is -0.0183. The molecule has 0 amide bonds. The molecule has 70 valence electrons. The lowest BCUT2D eigenvalue weighted by atomic mass is 9.94. The molecular formula is C8H14FNO2. The van der Waals surface area contributed by atoms with E-state index >= 15 is 0 Å². The molecule has 0 saturated carbocycles. The number of likely N-dealkylation sites (tertiary alicyclic amines) is 1. The van der Waals surface area contributed by atoms with E-state index in [9.17, 15) is 9.18 Å². The Bertz CT molecular complexity index is 155. The van der Waals surface area contributed by atoms with Crippen LogP contribution in [0.1, 0.15) is 12.8 Å². The lowest BCUT2D eigenvalue weighted by Crippen LogP contribution is -2.44. The molecule has 0 radical (unpaired) electrons. The Kier molecular flexibility index (Phi) is 3.17. The first-order valence-corrected chi connectivity index (χ1v) is 4.16. The van der Waals surface area contributed by atoms with E-state index in [0.29, 0.717) is 32.5 Å². The third kappa shape index (κ3) is 2.25. The Morgan fingerprint density at radius 2 is 2.08 bits per heavy atom. The van der Waals surface area contributed by atoms with Gasteiger partial charge in [0.15, 0.2) is 0 Å². The summed E-state index contributed by atoms with van der Waals surface area (Å²) < 4.78 is 13.4. The number of hydrogen-bond donors (Lipinski definition) is 1. The van der Waals surface area contributed by atoms with Crippen LogP contribution in [0.2, 0.25) is 0 Å². The molecule has 1 aliphatic rings. The van der Waals surface area contributed by atoms with Crippen molar-refractivity contribution in [1.82, 2.24) is 4.90 Å². The smallest absolute Gasteiger partial charge is 0.136 e. The molecule has 12 heavy (non-hydrogen) atoms. The van der Waals surface area contributed by atoms with Crippen LogP contribution in [-0.2, 0) is 4.79 Å². The average molecular weight is 175 g/mol. The van der Waals surface area contributed by atoms with E-state index in [1.54, 1.807) is 0 Å². The van der Waals surface area contributed by atoms with Gasteiger partial charge < -0.3 is 9.90 Å². The van der Waals surface area contributed by atoms with Crippen molar-refractivity contribution in [3.05, 3.63) is 0 Å². The summed E-state index contributed by atoms with van der Waals surface area (Å²) in [5.74, 6) is 0. The first kappa shape index (κ1) is 9.61. The molecule has 0 aromatic rings. The summed E-state index contributed by atoms with van der Waals surface area (Å²) in [6.07, 6.45) is 1.48. The van der Waals surface area contributed by atoms with E-state index in [1.807, 2.05) is 4.90 Å². The summed E-state index contributed by atoms with van der Waals surface area (Å²) in [4.78, 5) is 12.0. The zero-order valence-corrected chi connectivity index (χ0v) is 7.00. The quantitative estimate of drug-likeness (QED) is 0.613.